The molecule has 0 aliphatic carbocycles. The molecule has 0 aliphatic heterocycles. The van der Waals surface area contributed by atoms with Crippen LogP contribution in [-0.4, -0.2) is 19.5 Å². The van der Waals surface area contributed by atoms with Crippen molar-refractivity contribution in [1.82, 2.24) is 19.5 Å². The van der Waals surface area contributed by atoms with E-state index >= 15 is 0 Å². The molecule has 0 N–H and O–H groups in total. The smallest absolute Gasteiger partial charge is 0.160 e. The van der Waals surface area contributed by atoms with E-state index in [0.717, 1.165) is 83.6 Å². The quantitative estimate of drug-likeness (QED) is 0.151. The number of benzene rings is 9. The van der Waals surface area contributed by atoms with Crippen molar-refractivity contribution >= 4 is 43.5 Å². The predicted octanol–water partition coefficient (Wildman–Crippen LogP) is 15.3. The van der Waals surface area contributed by atoms with Crippen LogP contribution in [0, 0.1) is 0 Å². The Morgan fingerprint density at radius 3 is 1.49 bits per heavy atom. The summed E-state index contributed by atoms with van der Waals surface area (Å²) in [5.41, 5.74) is 15.5. The predicted molar refractivity (Wildman–Crippen MR) is 262 cm³/mol. The first-order chi connectivity index (χ1) is 31.2. The summed E-state index contributed by atoms with van der Waals surface area (Å²) in [6.07, 6.45) is 0. The van der Waals surface area contributed by atoms with Crippen LogP contribution >= 0.6 is 0 Å². The zero-order valence-corrected chi connectivity index (χ0v) is 34.2. The van der Waals surface area contributed by atoms with Crippen LogP contribution in [0.2, 0.25) is 0 Å². The molecule has 0 amide bonds. The van der Waals surface area contributed by atoms with Gasteiger partial charge in [-0.3, -0.25) is 0 Å². The molecular weight excluding hydrogens is 765 g/mol. The highest BCUT2D eigenvalue weighted by Crippen LogP contribution is 2.42. The molecular formula is C59H38N4. The van der Waals surface area contributed by atoms with Gasteiger partial charge in [-0.25, -0.2) is 15.0 Å². The summed E-state index contributed by atoms with van der Waals surface area (Å²) >= 11 is 0. The summed E-state index contributed by atoms with van der Waals surface area (Å²) in [4.78, 5) is 16.0. The molecule has 4 heteroatoms. The third-order valence-corrected chi connectivity index (χ3v) is 12.2. The second kappa shape index (κ2) is 15.2. The lowest BCUT2D eigenvalue weighted by Gasteiger charge is -2.17. The molecule has 3 heterocycles. The molecule has 294 valence electrons. The van der Waals surface area contributed by atoms with E-state index in [9.17, 15) is 0 Å². The fraction of sp³-hybridized carbons (Fsp3) is 0. The van der Waals surface area contributed by atoms with Crippen LogP contribution in [0.15, 0.2) is 231 Å². The van der Waals surface area contributed by atoms with Gasteiger partial charge in [-0.05, 0) is 76.0 Å². The topological polar surface area (TPSA) is 43.6 Å². The van der Waals surface area contributed by atoms with Crippen LogP contribution in [0.1, 0.15) is 0 Å². The summed E-state index contributed by atoms with van der Waals surface area (Å²) in [5.74, 6) is 0.675. The molecule has 4 nitrogen and oxygen atoms in total. The largest absolute Gasteiger partial charge is 0.309 e. The average molecular weight is 803 g/mol. The van der Waals surface area contributed by atoms with Crippen molar-refractivity contribution < 1.29 is 0 Å². The van der Waals surface area contributed by atoms with E-state index in [4.69, 9.17) is 15.0 Å². The first-order valence-electron chi connectivity index (χ1n) is 21.4. The maximum Gasteiger partial charge on any atom is 0.160 e. The van der Waals surface area contributed by atoms with Gasteiger partial charge in [-0.2, -0.15) is 0 Å². The Morgan fingerprint density at radius 1 is 0.302 bits per heavy atom. The number of hydrogen-bond acceptors (Lipinski definition) is 3. The van der Waals surface area contributed by atoms with E-state index in [2.05, 4.69) is 217 Å². The molecule has 9 aromatic carbocycles. The molecule has 0 aliphatic rings. The molecule has 0 saturated heterocycles. The van der Waals surface area contributed by atoms with E-state index in [1.165, 1.54) is 27.2 Å². The lowest BCUT2D eigenvalue weighted by atomic mass is 9.90. The summed E-state index contributed by atoms with van der Waals surface area (Å²) in [5, 5.41) is 5.94. The number of nitrogens with zero attached hydrogens (tertiary/aromatic N) is 4. The third-order valence-electron chi connectivity index (χ3n) is 12.2. The van der Waals surface area contributed by atoms with Crippen molar-refractivity contribution in [3.05, 3.63) is 231 Å². The van der Waals surface area contributed by atoms with Crippen LogP contribution in [0.25, 0.3) is 117 Å². The molecule has 12 aromatic rings. The van der Waals surface area contributed by atoms with Gasteiger partial charge in [0, 0.05) is 49.7 Å². The monoisotopic (exact) mass is 802 g/mol. The van der Waals surface area contributed by atoms with E-state index in [1.807, 2.05) is 18.2 Å². The van der Waals surface area contributed by atoms with Gasteiger partial charge in [0.1, 0.15) is 0 Å². The van der Waals surface area contributed by atoms with Gasteiger partial charge in [0.15, 0.2) is 5.82 Å². The van der Waals surface area contributed by atoms with Crippen LogP contribution in [-0.2, 0) is 0 Å². The van der Waals surface area contributed by atoms with E-state index < -0.39 is 0 Å². The van der Waals surface area contributed by atoms with Gasteiger partial charge in [-0.15, -0.1) is 0 Å². The Hall–Kier alpha value is -8.47. The SMILES string of the molecule is c1ccc(-c2cc(-c3ccccc3)c3c(n2)c(-c2cccc(-c4cc(-c5cccc(-n6c7ccccc7c7ccccc76)c5)nc(-c5ccccc5)n4)c2)cc2ccccc23)cc1. The van der Waals surface area contributed by atoms with E-state index in [-0.39, 0.29) is 0 Å². The van der Waals surface area contributed by atoms with Gasteiger partial charge < -0.3 is 4.57 Å². The normalized spacial score (nSPS) is 11.5. The molecule has 0 fully saturated rings. The van der Waals surface area contributed by atoms with Gasteiger partial charge >= 0.3 is 0 Å². The highest BCUT2D eigenvalue weighted by molar-refractivity contribution is 6.18. The molecule has 0 unspecified atom stereocenters. The average Bonchev–Trinajstić information content (AvgIpc) is 3.71. The summed E-state index contributed by atoms with van der Waals surface area (Å²) in [6.45, 7) is 0. The minimum absolute atomic E-state index is 0.675. The van der Waals surface area contributed by atoms with Crippen molar-refractivity contribution in [3.63, 3.8) is 0 Å². The van der Waals surface area contributed by atoms with Crippen LogP contribution in [0.3, 0.4) is 0 Å². The Balaban J connectivity index is 1.05. The first kappa shape index (κ1) is 36.4. The molecule has 0 bridgehead atoms. The second-order valence-corrected chi connectivity index (χ2v) is 16.0. The third kappa shape index (κ3) is 6.44. The molecule has 3 aromatic heterocycles. The fourth-order valence-electron chi connectivity index (χ4n) is 9.22. The Bertz CT molecular complexity index is 3620. The van der Waals surface area contributed by atoms with Gasteiger partial charge in [-0.1, -0.05) is 182 Å². The van der Waals surface area contributed by atoms with E-state index in [0.29, 0.717) is 5.82 Å². The fourth-order valence-corrected chi connectivity index (χ4v) is 9.22. The van der Waals surface area contributed by atoms with Crippen molar-refractivity contribution in [2.24, 2.45) is 0 Å². The lowest BCUT2D eigenvalue weighted by Crippen LogP contribution is -1.98. The Labute approximate surface area is 365 Å². The van der Waals surface area contributed by atoms with Crippen LogP contribution in [0.4, 0.5) is 0 Å². The van der Waals surface area contributed by atoms with E-state index in [1.54, 1.807) is 0 Å². The zero-order chi connectivity index (χ0) is 41.7. The van der Waals surface area contributed by atoms with Crippen molar-refractivity contribution in [2.45, 2.75) is 0 Å². The second-order valence-electron chi connectivity index (χ2n) is 16.0. The first-order valence-corrected chi connectivity index (χ1v) is 21.4. The van der Waals surface area contributed by atoms with Gasteiger partial charge in [0.25, 0.3) is 0 Å². The number of rotatable bonds is 7. The highest BCUT2D eigenvalue weighted by atomic mass is 15.0. The maximum atomic E-state index is 5.51. The maximum absolute atomic E-state index is 5.51. The lowest BCUT2D eigenvalue weighted by molar-refractivity contribution is 1.16. The molecule has 0 atom stereocenters. The molecule has 12 rings (SSSR count). The van der Waals surface area contributed by atoms with Crippen molar-refractivity contribution in [3.8, 4) is 73.1 Å². The molecule has 0 saturated carbocycles. The summed E-state index contributed by atoms with van der Waals surface area (Å²) < 4.78 is 2.35. The molecule has 63 heavy (non-hydrogen) atoms. The van der Waals surface area contributed by atoms with Gasteiger partial charge in [0.05, 0.1) is 33.6 Å². The Kier molecular flexibility index (Phi) is 8.79. The number of pyridine rings is 1. The minimum Gasteiger partial charge on any atom is -0.309 e. The zero-order valence-electron chi connectivity index (χ0n) is 34.2. The summed E-state index contributed by atoms with van der Waals surface area (Å²) in [7, 11) is 0. The number of fused-ring (bicyclic) bond motifs is 6. The van der Waals surface area contributed by atoms with Crippen molar-refractivity contribution in [1.29, 1.82) is 0 Å². The van der Waals surface area contributed by atoms with Crippen LogP contribution < -0.4 is 0 Å². The molecule has 0 radical (unpaired) electrons. The standard InChI is InChI=1S/C59H38N4/c1-4-18-39(19-5-1)50-37-52(40-20-6-2-7-21-40)60-58-51(36-43-24-10-11-29-47(43)57(50)58)42-25-16-26-44(34-42)53-38-54(62-59(61-53)41-22-8-3-9-23-41)45-27-17-28-46(35-45)63-55-32-14-12-30-48(55)49-31-13-15-33-56(49)63/h1-38H. The summed E-state index contributed by atoms with van der Waals surface area (Å²) in [6, 6.07) is 81.5. The number of aromatic nitrogens is 4. The molecule has 0 spiro atoms. The number of para-hydroxylation sites is 2. The highest BCUT2D eigenvalue weighted by Gasteiger charge is 2.19. The van der Waals surface area contributed by atoms with Crippen LogP contribution in [0.5, 0.6) is 0 Å². The Morgan fingerprint density at radius 2 is 0.810 bits per heavy atom. The van der Waals surface area contributed by atoms with Crippen molar-refractivity contribution in [2.75, 3.05) is 0 Å². The minimum atomic E-state index is 0.675. The number of hydrogen-bond donors (Lipinski definition) is 0. The van der Waals surface area contributed by atoms with Gasteiger partial charge in [0.2, 0.25) is 0 Å².